The molecule has 162 valence electrons. The molecule has 1 N–H and O–H groups in total. The van der Waals surface area contributed by atoms with E-state index in [2.05, 4.69) is 27.7 Å². The number of halogens is 1. The van der Waals surface area contributed by atoms with E-state index < -0.39 is 10.1 Å². The third kappa shape index (κ3) is 20.1. The molecule has 0 aliphatic heterocycles. The summed E-state index contributed by atoms with van der Waals surface area (Å²) in [6.07, 6.45) is 12.4. The zero-order valence-electron chi connectivity index (χ0n) is 18.1. The first-order valence-corrected chi connectivity index (χ1v) is 12.2. The maximum atomic E-state index is 9.95. The van der Waals surface area contributed by atoms with Crippen molar-refractivity contribution < 1.29 is 22.2 Å². The van der Waals surface area contributed by atoms with Crippen molar-refractivity contribution in [2.45, 2.75) is 98.8 Å². The van der Waals surface area contributed by atoms with Crippen LogP contribution in [0.5, 0.6) is 0 Å². The van der Waals surface area contributed by atoms with Gasteiger partial charge in [-0.05, 0) is 32.1 Å². The molecule has 0 spiro atoms. The molecule has 0 unspecified atom stereocenters. The highest BCUT2D eigenvalue weighted by atomic mass is 32.2. The van der Waals surface area contributed by atoms with Crippen LogP contribution in [0.25, 0.3) is 0 Å². The Hall–Kier alpha value is -0.200. The van der Waals surface area contributed by atoms with Crippen LogP contribution in [0, 0.1) is 0 Å². The van der Waals surface area contributed by atoms with E-state index in [1.165, 1.54) is 82.0 Å². The van der Waals surface area contributed by atoms with Crippen molar-refractivity contribution in [2.24, 2.45) is 0 Å². The van der Waals surface area contributed by atoms with Gasteiger partial charge in [0.15, 0.2) is 0 Å². The van der Waals surface area contributed by atoms with Crippen LogP contribution in [0.1, 0.15) is 98.8 Å². The summed E-state index contributed by atoms with van der Waals surface area (Å²) < 4.78 is 29.4. The molecule has 0 aliphatic carbocycles. The first kappa shape index (κ1) is 30.5. The summed E-state index contributed by atoms with van der Waals surface area (Å²) >= 11 is 0. The number of quaternary nitrogens is 1. The van der Waals surface area contributed by atoms with Crippen LogP contribution >= 0.6 is 0 Å². The third-order valence-corrected chi connectivity index (χ3v) is 5.50. The highest BCUT2D eigenvalue weighted by molar-refractivity contribution is 7.85. The second-order valence-corrected chi connectivity index (χ2v) is 8.86. The Kier molecular flexibility index (Phi) is 23.0. The van der Waals surface area contributed by atoms with Crippen LogP contribution in [-0.2, 0) is 10.1 Å². The van der Waals surface area contributed by atoms with Crippen LogP contribution in [0.15, 0.2) is 0 Å². The summed E-state index contributed by atoms with van der Waals surface area (Å²) in [7, 11) is -3.69. The second kappa shape index (κ2) is 19.6. The molecule has 0 fully saturated rings. The summed E-state index contributed by atoms with van der Waals surface area (Å²) in [4.78, 5) is 0. The largest absolute Gasteiger partial charge is 1.00 e. The number of hydrogen-bond acceptors (Lipinski definition) is 2. The molecule has 0 radical (unpaired) electrons. The molecule has 0 saturated heterocycles. The average Bonchev–Trinajstić information content (AvgIpc) is 2.58. The van der Waals surface area contributed by atoms with Gasteiger partial charge in [-0.2, -0.15) is 8.42 Å². The Morgan fingerprint density at radius 3 is 1.04 bits per heavy atom. The van der Waals surface area contributed by atoms with E-state index in [9.17, 15) is 8.42 Å². The van der Waals surface area contributed by atoms with Crippen molar-refractivity contribution in [1.29, 1.82) is 0 Å². The highest BCUT2D eigenvalue weighted by Crippen LogP contribution is 2.16. The smallest absolute Gasteiger partial charge is 0.264 e. The van der Waals surface area contributed by atoms with Crippen LogP contribution in [0.4, 0.5) is 0 Å². The molecule has 0 aromatic rings. The van der Waals surface area contributed by atoms with Gasteiger partial charge in [0.1, 0.15) is 0 Å². The SMILES string of the molecule is CCCCS(=O)(=O)O.CCCC[N+](CCCC)(CCCC)CCCC.[F-]. The molecular formula is C20H46FNO3S. The number of nitrogens with zero attached hydrogens (tertiary/aromatic N) is 1. The van der Waals surface area contributed by atoms with E-state index in [-0.39, 0.29) is 10.5 Å². The van der Waals surface area contributed by atoms with E-state index >= 15 is 0 Å². The quantitative estimate of drug-likeness (QED) is 0.340. The van der Waals surface area contributed by atoms with Crippen molar-refractivity contribution in [2.75, 3.05) is 31.9 Å². The minimum absolute atomic E-state index is 0. The Morgan fingerprint density at radius 1 is 0.615 bits per heavy atom. The predicted molar refractivity (Wildman–Crippen MR) is 111 cm³/mol. The van der Waals surface area contributed by atoms with Gasteiger partial charge < -0.3 is 9.19 Å². The van der Waals surface area contributed by atoms with Gasteiger partial charge >= 0.3 is 0 Å². The van der Waals surface area contributed by atoms with Gasteiger partial charge in [-0.1, -0.05) is 66.7 Å². The minimum atomic E-state index is -3.69. The zero-order valence-corrected chi connectivity index (χ0v) is 18.9. The van der Waals surface area contributed by atoms with Gasteiger partial charge in [0.25, 0.3) is 10.1 Å². The van der Waals surface area contributed by atoms with Crippen LogP contribution in [-0.4, -0.2) is 49.4 Å². The molecule has 0 aromatic carbocycles. The number of hydrogen-bond donors (Lipinski definition) is 1. The molecule has 0 bridgehead atoms. The predicted octanol–water partition coefficient (Wildman–Crippen LogP) is 2.68. The zero-order chi connectivity index (χ0) is 19.6. The van der Waals surface area contributed by atoms with Gasteiger partial charge in [0.2, 0.25) is 0 Å². The summed E-state index contributed by atoms with van der Waals surface area (Å²) in [5.41, 5.74) is 0. The maximum Gasteiger partial charge on any atom is 0.264 e. The Labute approximate surface area is 163 Å². The minimum Gasteiger partial charge on any atom is -1.00 e. The topological polar surface area (TPSA) is 54.4 Å². The highest BCUT2D eigenvalue weighted by Gasteiger charge is 2.24. The van der Waals surface area contributed by atoms with Crippen molar-refractivity contribution in [3.8, 4) is 0 Å². The Morgan fingerprint density at radius 2 is 0.885 bits per heavy atom. The van der Waals surface area contributed by atoms with Crippen LogP contribution < -0.4 is 4.70 Å². The number of rotatable bonds is 15. The molecule has 0 amide bonds. The standard InChI is InChI=1S/C16H36N.C4H10O3S.FH/c1-5-9-13-17(14-10-6-2,15-11-7-3)16-12-8-4;1-2-3-4-8(5,6)7;/h5-16H2,1-4H3;2-4H2,1H3,(H,5,6,7);1H/q+1;;/p-1. The molecule has 0 aliphatic rings. The summed E-state index contributed by atoms with van der Waals surface area (Å²) in [6.45, 7) is 16.9. The van der Waals surface area contributed by atoms with Gasteiger partial charge in [0, 0.05) is 0 Å². The van der Waals surface area contributed by atoms with Crippen LogP contribution in [0.3, 0.4) is 0 Å². The second-order valence-electron chi connectivity index (χ2n) is 7.29. The summed E-state index contributed by atoms with van der Waals surface area (Å²) in [5, 5.41) is 0. The lowest BCUT2D eigenvalue weighted by molar-refractivity contribution is -0.929. The fourth-order valence-electron chi connectivity index (χ4n) is 2.97. The first-order valence-electron chi connectivity index (χ1n) is 10.6. The van der Waals surface area contributed by atoms with Crippen molar-refractivity contribution in [3.63, 3.8) is 0 Å². The summed E-state index contributed by atoms with van der Waals surface area (Å²) in [5.74, 6) is -0.108. The third-order valence-electron chi connectivity index (χ3n) is 4.70. The van der Waals surface area contributed by atoms with Crippen molar-refractivity contribution in [1.82, 2.24) is 0 Å². The molecule has 6 heteroatoms. The van der Waals surface area contributed by atoms with Crippen molar-refractivity contribution in [3.05, 3.63) is 0 Å². The fraction of sp³-hybridized carbons (Fsp3) is 1.00. The normalized spacial score (nSPS) is 11.5. The van der Waals surface area contributed by atoms with Gasteiger partial charge in [0.05, 0.1) is 31.9 Å². The Bertz CT molecular complexity index is 338. The van der Waals surface area contributed by atoms with E-state index in [0.717, 1.165) is 6.42 Å². The lowest BCUT2D eigenvalue weighted by Gasteiger charge is -2.39. The molecule has 0 aromatic heterocycles. The van der Waals surface area contributed by atoms with E-state index in [1.54, 1.807) is 0 Å². The Balaban J connectivity index is -0.000000498. The average molecular weight is 400 g/mol. The maximum absolute atomic E-state index is 9.95. The van der Waals surface area contributed by atoms with Crippen LogP contribution in [0.2, 0.25) is 0 Å². The van der Waals surface area contributed by atoms with E-state index in [1.807, 2.05) is 6.92 Å². The lowest BCUT2D eigenvalue weighted by Crippen LogP contribution is -3.00. The van der Waals surface area contributed by atoms with Crippen molar-refractivity contribution >= 4 is 10.1 Å². The molecule has 0 heterocycles. The molecule has 4 nitrogen and oxygen atoms in total. The van der Waals surface area contributed by atoms with Gasteiger partial charge in [-0.15, -0.1) is 0 Å². The molecular weight excluding hydrogens is 353 g/mol. The molecule has 26 heavy (non-hydrogen) atoms. The monoisotopic (exact) mass is 399 g/mol. The van der Waals surface area contributed by atoms with Gasteiger partial charge in [-0.25, -0.2) is 0 Å². The molecule has 0 saturated carbocycles. The lowest BCUT2D eigenvalue weighted by atomic mass is 10.1. The van der Waals surface area contributed by atoms with Gasteiger partial charge in [-0.3, -0.25) is 4.55 Å². The molecule has 0 rings (SSSR count). The van der Waals surface area contributed by atoms with E-state index in [0.29, 0.717) is 6.42 Å². The number of unbranched alkanes of at least 4 members (excludes halogenated alkanes) is 5. The summed E-state index contributed by atoms with van der Waals surface area (Å²) in [6, 6.07) is 0. The van der Waals surface area contributed by atoms with E-state index in [4.69, 9.17) is 4.55 Å². The molecule has 0 atom stereocenters. The first-order chi connectivity index (χ1) is 11.8. The fourth-order valence-corrected chi connectivity index (χ4v) is 3.63.